The van der Waals surface area contributed by atoms with Crippen LogP contribution in [0.4, 0.5) is 0 Å². The molecule has 3 heteroatoms. The zero-order chi connectivity index (χ0) is 11.3. The average molecular weight is 227 g/mol. The zero-order valence-electron chi connectivity index (χ0n) is 9.00. The molecule has 0 aliphatic heterocycles. The number of carbonyl (C=O) groups is 1. The van der Waals surface area contributed by atoms with Gasteiger partial charge < -0.3 is 4.74 Å². The van der Waals surface area contributed by atoms with E-state index < -0.39 is 0 Å². The molecule has 0 saturated heterocycles. The Hall–Kier alpha value is -1.02. The van der Waals surface area contributed by atoms with Gasteiger partial charge in [0.15, 0.2) is 0 Å². The van der Waals surface area contributed by atoms with Gasteiger partial charge in [0.1, 0.15) is 0 Å². The molecule has 1 rings (SSSR count). The summed E-state index contributed by atoms with van der Waals surface area (Å²) in [5, 5.41) is 0.680. The molecule has 1 unspecified atom stereocenters. The smallest absolute Gasteiger partial charge is 0.313 e. The standard InChI is InChI=1S/C12H15ClO2/c1-3-4-11(12(14)15-2)9-5-7-10(13)8-6-9/h5-8,11H,3-4H2,1-2H3. The van der Waals surface area contributed by atoms with E-state index in [4.69, 9.17) is 16.3 Å². The van der Waals surface area contributed by atoms with Gasteiger partial charge in [0.25, 0.3) is 0 Å². The maximum atomic E-state index is 11.5. The van der Waals surface area contributed by atoms with Crippen LogP contribution < -0.4 is 0 Å². The van der Waals surface area contributed by atoms with Crippen molar-refractivity contribution in [1.29, 1.82) is 0 Å². The molecule has 82 valence electrons. The molecule has 0 aliphatic carbocycles. The van der Waals surface area contributed by atoms with Crippen molar-refractivity contribution in [3.63, 3.8) is 0 Å². The fourth-order valence-electron chi connectivity index (χ4n) is 1.55. The highest BCUT2D eigenvalue weighted by molar-refractivity contribution is 6.30. The second kappa shape index (κ2) is 5.76. The van der Waals surface area contributed by atoms with Crippen molar-refractivity contribution >= 4 is 17.6 Å². The molecular formula is C12H15ClO2. The summed E-state index contributed by atoms with van der Waals surface area (Å²) >= 11 is 5.79. The fourth-order valence-corrected chi connectivity index (χ4v) is 1.67. The van der Waals surface area contributed by atoms with E-state index in [1.165, 1.54) is 7.11 Å². The summed E-state index contributed by atoms with van der Waals surface area (Å²) in [7, 11) is 1.42. The van der Waals surface area contributed by atoms with Crippen LogP contribution in [0.2, 0.25) is 5.02 Å². The lowest BCUT2D eigenvalue weighted by Crippen LogP contribution is -2.13. The molecule has 15 heavy (non-hydrogen) atoms. The molecule has 2 nitrogen and oxygen atoms in total. The SMILES string of the molecule is CCCC(C(=O)OC)c1ccc(Cl)cc1. The van der Waals surface area contributed by atoms with E-state index in [1.54, 1.807) is 12.1 Å². The quantitative estimate of drug-likeness (QED) is 0.736. The first-order valence-corrected chi connectivity index (χ1v) is 5.40. The van der Waals surface area contributed by atoms with Crippen LogP contribution in [0.15, 0.2) is 24.3 Å². The van der Waals surface area contributed by atoms with Gasteiger partial charge in [0, 0.05) is 5.02 Å². The summed E-state index contributed by atoms with van der Waals surface area (Å²) in [6, 6.07) is 7.34. The molecule has 0 amide bonds. The minimum Gasteiger partial charge on any atom is -0.469 e. The van der Waals surface area contributed by atoms with Crippen LogP contribution in [-0.4, -0.2) is 13.1 Å². The summed E-state index contributed by atoms with van der Waals surface area (Å²) in [5.74, 6) is -0.351. The van der Waals surface area contributed by atoms with E-state index in [1.807, 2.05) is 19.1 Å². The predicted octanol–water partition coefficient (Wildman–Crippen LogP) is 3.40. The molecule has 0 N–H and O–H groups in total. The highest BCUT2D eigenvalue weighted by Gasteiger charge is 2.19. The van der Waals surface area contributed by atoms with Crippen LogP contribution in [0.25, 0.3) is 0 Å². The van der Waals surface area contributed by atoms with E-state index in [0.29, 0.717) is 5.02 Å². The summed E-state index contributed by atoms with van der Waals surface area (Å²) in [5.41, 5.74) is 0.966. The van der Waals surface area contributed by atoms with Crippen molar-refractivity contribution in [3.8, 4) is 0 Å². The van der Waals surface area contributed by atoms with Gasteiger partial charge in [-0.3, -0.25) is 4.79 Å². The highest BCUT2D eigenvalue weighted by atomic mass is 35.5. The van der Waals surface area contributed by atoms with Gasteiger partial charge in [-0.15, -0.1) is 0 Å². The maximum absolute atomic E-state index is 11.5. The molecule has 0 heterocycles. The van der Waals surface area contributed by atoms with E-state index in [0.717, 1.165) is 18.4 Å². The first kappa shape index (κ1) is 12.1. The summed E-state index contributed by atoms with van der Waals surface area (Å²) in [6.07, 6.45) is 1.75. The molecule has 1 aromatic carbocycles. The number of carbonyl (C=O) groups excluding carboxylic acids is 1. The minimum absolute atomic E-state index is 0.169. The van der Waals surface area contributed by atoms with Gasteiger partial charge in [-0.2, -0.15) is 0 Å². The summed E-state index contributed by atoms with van der Waals surface area (Å²) in [6.45, 7) is 2.05. The Morgan fingerprint density at radius 3 is 2.47 bits per heavy atom. The molecule has 1 aromatic rings. The Balaban J connectivity index is 2.88. The van der Waals surface area contributed by atoms with Crippen LogP contribution in [-0.2, 0) is 9.53 Å². The molecule has 0 aliphatic rings. The maximum Gasteiger partial charge on any atom is 0.313 e. The number of ether oxygens (including phenoxy) is 1. The Morgan fingerprint density at radius 1 is 1.40 bits per heavy atom. The van der Waals surface area contributed by atoms with E-state index in [-0.39, 0.29) is 11.9 Å². The Bertz CT molecular complexity index is 319. The third-order valence-electron chi connectivity index (χ3n) is 2.34. The number of benzene rings is 1. The monoisotopic (exact) mass is 226 g/mol. The molecule has 0 spiro atoms. The van der Waals surface area contributed by atoms with Gasteiger partial charge in [-0.1, -0.05) is 37.1 Å². The zero-order valence-corrected chi connectivity index (χ0v) is 9.75. The molecule has 0 bridgehead atoms. The van der Waals surface area contributed by atoms with Crippen LogP contribution in [0.3, 0.4) is 0 Å². The van der Waals surface area contributed by atoms with Crippen LogP contribution in [0.5, 0.6) is 0 Å². The summed E-state index contributed by atoms with van der Waals surface area (Å²) in [4.78, 5) is 11.5. The van der Waals surface area contributed by atoms with Crippen LogP contribution in [0, 0.1) is 0 Å². The number of halogens is 1. The van der Waals surface area contributed by atoms with Crippen molar-refractivity contribution in [2.75, 3.05) is 7.11 Å². The molecule has 0 saturated carbocycles. The third kappa shape index (κ3) is 3.24. The fraction of sp³-hybridized carbons (Fsp3) is 0.417. The van der Waals surface area contributed by atoms with E-state index in [2.05, 4.69) is 0 Å². The molecule has 1 atom stereocenters. The van der Waals surface area contributed by atoms with Crippen molar-refractivity contribution < 1.29 is 9.53 Å². The first-order valence-electron chi connectivity index (χ1n) is 5.02. The van der Waals surface area contributed by atoms with Crippen LogP contribution in [0.1, 0.15) is 31.2 Å². The largest absolute Gasteiger partial charge is 0.469 e. The Labute approximate surface area is 95.2 Å². The van der Waals surface area contributed by atoms with Gasteiger partial charge in [0.05, 0.1) is 13.0 Å². The molecule has 0 radical (unpaired) electrons. The Morgan fingerprint density at radius 2 is 2.00 bits per heavy atom. The highest BCUT2D eigenvalue weighted by Crippen LogP contribution is 2.24. The lowest BCUT2D eigenvalue weighted by Gasteiger charge is -2.13. The normalized spacial score (nSPS) is 12.2. The summed E-state index contributed by atoms with van der Waals surface area (Å²) < 4.78 is 4.78. The minimum atomic E-state index is -0.181. The van der Waals surface area contributed by atoms with E-state index >= 15 is 0 Å². The lowest BCUT2D eigenvalue weighted by atomic mass is 9.95. The van der Waals surface area contributed by atoms with Gasteiger partial charge in [-0.25, -0.2) is 0 Å². The lowest BCUT2D eigenvalue weighted by molar-refractivity contribution is -0.142. The molecular weight excluding hydrogens is 212 g/mol. The Kier molecular flexibility index (Phi) is 4.63. The van der Waals surface area contributed by atoms with Crippen molar-refractivity contribution in [2.24, 2.45) is 0 Å². The van der Waals surface area contributed by atoms with E-state index in [9.17, 15) is 4.79 Å². The second-order valence-corrected chi connectivity index (χ2v) is 3.85. The van der Waals surface area contributed by atoms with Crippen molar-refractivity contribution in [3.05, 3.63) is 34.9 Å². The van der Waals surface area contributed by atoms with Crippen molar-refractivity contribution in [1.82, 2.24) is 0 Å². The third-order valence-corrected chi connectivity index (χ3v) is 2.59. The predicted molar refractivity (Wildman–Crippen MR) is 61.1 cm³/mol. The number of hydrogen-bond donors (Lipinski definition) is 0. The number of hydrogen-bond acceptors (Lipinski definition) is 2. The number of methoxy groups -OCH3 is 1. The van der Waals surface area contributed by atoms with Gasteiger partial charge in [-0.05, 0) is 24.1 Å². The molecule has 0 aromatic heterocycles. The van der Waals surface area contributed by atoms with Crippen LogP contribution >= 0.6 is 11.6 Å². The average Bonchev–Trinajstić information content (AvgIpc) is 2.26. The molecule has 0 fully saturated rings. The van der Waals surface area contributed by atoms with Crippen molar-refractivity contribution in [2.45, 2.75) is 25.7 Å². The van der Waals surface area contributed by atoms with Gasteiger partial charge >= 0.3 is 5.97 Å². The van der Waals surface area contributed by atoms with Gasteiger partial charge in [0.2, 0.25) is 0 Å². The topological polar surface area (TPSA) is 26.3 Å². The number of esters is 1. The second-order valence-electron chi connectivity index (χ2n) is 3.42. The number of rotatable bonds is 4. The first-order chi connectivity index (χ1) is 7.19.